The van der Waals surface area contributed by atoms with Crippen molar-refractivity contribution >= 4 is 40.1 Å². The van der Waals surface area contributed by atoms with E-state index in [0.29, 0.717) is 21.7 Å². The third-order valence-electron chi connectivity index (χ3n) is 4.36. The van der Waals surface area contributed by atoms with Crippen molar-refractivity contribution in [3.05, 3.63) is 91.8 Å². The molecule has 3 rings (SSSR count). The third kappa shape index (κ3) is 4.76. The molecule has 30 heavy (non-hydrogen) atoms. The summed E-state index contributed by atoms with van der Waals surface area (Å²) in [7, 11) is 0. The van der Waals surface area contributed by atoms with Gasteiger partial charge in [0.05, 0.1) is 16.7 Å². The number of non-ortho nitro benzene ring substituents is 1. The van der Waals surface area contributed by atoms with E-state index in [4.69, 9.17) is 0 Å². The van der Waals surface area contributed by atoms with Crippen molar-refractivity contribution in [2.24, 2.45) is 5.10 Å². The van der Waals surface area contributed by atoms with E-state index in [1.807, 2.05) is 13.0 Å². The summed E-state index contributed by atoms with van der Waals surface area (Å²) in [6.07, 6.45) is 1.39. The molecule has 0 fully saturated rings. The van der Waals surface area contributed by atoms with Crippen LogP contribution in [-0.2, 0) is 0 Å². The number of rotatable bonds is 6. The highest BCUT2D eigenvalue weighted by molar-refractivity contribution is 7.16. The summed E-state index contributed by atoms with van der Waals surface area (Å²) in [6.45, 7) is 3.67. The van der Waals surface area contributed by atoms with Gasteiger partial charge >= 0.3 is 0 Å². The molecule has 0 aliphatic heterocycles. The number of hydrogen-bond acceptors (Lipinski definition) is 6. The summed E-state index contributed by atoms with van der Waals surface area (Å²) in [5.74, 6) is -0.765. The van der Waals surface area contributed by atoms with E-state index in [-0.39, 0.29) is 11.6 Å². The molecule has 2 N–H and O–H groups in total. The van der Waals surface area contributed by atoms with Gasteiger partial charge < -0.3 is 5.32 Å². The van der Waals surface area contributed by atoms with Crippen molar-refractivity contribution in [2.45, 2.75) is 13.8 Å². The highest BCUT2D eigenvalue weighted by Crippen LogP contribution is 2.32. The number of hydrazone groups is 1. The molecule has 152 valence electrons. The first kappa shape index (κ1) is 20.9. The van der Waals surface area contributed by atoms with Gasteiger partial charge in [0.15, 0.2) is 0 Å². The minimum absolute atomic E-state index is 0.0284. The minimum atomic E-state index is -0.490. The molecule has 3 aromatic rings. The molecule has 0 saturated carbocycles. The second-order valence-electron chi connectivity index (χ2n) is 6.36. The van der Waals surface area contributed by atoms with Gasteiger partial charge in [0.25, 0.3) is 17.5 Å². The molecule has 0 bridgehead atoms. The molecule has 2 aromatic carbocycles. The van der Waals surface area contributed by atoms with Crippen molar-refractivity contribution in [1.82, 2.24) is 5.43 Å². The standard InChI is InChI=1S/C21H18N4O4S/c1-13-14(2)30-21(23-19(26)16-6-4-3-5-7-16)18(13)20(27)24-22-12-15-8-10-17(11-9-15)25(28)29/h3-12H,1-2H3,(H,23,26)(H,24,27)/b22-12+. The van der Waals surface area contributed by atoms with Gasteiger partial charge in [-0.1, -0.05) is 18.2 Å². The first-order valence-electron chi connectivity index (χ1n) is 8.91. The summed E-state index contributed by atoms with van der Waals surface area (Å²) in [6, 6.07) is 14.5. The number of hydrogen-bond donors (Lipinski definition) is 2. The fraction of sp³-hybridized carbons (Fsp3) is 0.0952. The maximum absolute atomic E-state index is 12.7. The Morgan fingerprint density at radius 3 is 2.33 bits per heavy atom. The van der Waals surface area contributed by atoms with Crippen molar-refractivity contribution in [2.75, 3.05) is 5.32 Å². The maximum atomic E-state index is 12.7. The summed E-state index contributed by atoms with van der Waals surface area (Å²) in [5.41, 5.74) is 4.61. The molecule has 0 unspecified atom stereocenters. The average Bonchev–Trinajstić information content (AvgIpc) is 3.02. The molecule has 0 aliphatic carbocycles. The third-order valence-corrected chi connectivity index (χ3v) is 5.48. The monoisotopic (exact) mass is 422 g/mol. The number of nitro benzene ring substituents is 1. The number of aryl methyl sites for hydroxylation is 1. The van der Waals surface area contributed by atoms with Gasteiger partial charge in [-0.15, -0.1) is 11.3 Å². The fourth-order valence-corrected chi connectivity index (χ4v) is 3.71. The van der Waals surface area contributed by atoms with E-state index >= 15 is 0 Å². The van der Waals surface area contributed by atoms with Crippen LogP contribution in [0.4, 0.5) is 10.7 Å². The number of benzene rings is 2. The summed E-state index contributed by atoms with van der Waals surface area (Å²) >= 11 is 1.32. The molecule has 0 atom stereocenters. The normalized spacial score (nSPS) is 10.7. The Morgan fingerprint density at radius 1 is 1.03 bits per heavy atom. The predicted molar refractivity (Wildman–Crippen MR) is 116 cm³/mol. The quantitative estimate of drug-likeness (QED) is 0.350. The number of nitrogens with zero attached hydrogens (tertiary/aromatic N) is 2. The van der Waals surface area contributed by atoms with Crippen LogP contribution in [0.5, 0.6) is 0 Å². The lowest BCUT2D eigenvalue weighted by Crippen LogP contribution is -2.21. The van der Waals surface area contributed by atoms with Gasteiger partial charge in [-0.3, -0.25) is 19.7 Å². The number of anilines is 1. The van der Waals surface area contributed by atoms with Crippen LogP contribution in [0.2, 0.25) is 0 Å². The Labute approximate surface area is 176 Å². The Kier molecular flexibility index (Phi) is 6.33. The molecule has 8 nitrogen and oxygen atoms in total. The molecule has 0 saturated heterocycles. The lowest BCUT2D eigenvalue weighted by atomic mass is 10.1. The summed E-state index contributed by atoms with van der Waals surface area (Å²) in [4.78, 5) is 36.3. The smallest absolute Gasteiger partial charge is 0.274 e. The molecule has 9 heteroatoms. The number of carbonyl (C=O) groups is 2. The first-order valence-corrected chi connectivity index (χ1v) is 9.72. The van der Waals surface area contributed by atoms with E-state index in [1.165, 1.54) is 41.8 Å². The van der Waals surface area contributed by atoms with Crippen molar-refractivity contribution in [3.63, 3.8) is 0 Å². The molecule has 0 aliphatic rings. The van der Waals surface area contributed by atoms with Crippen LogP contribution in [0.25, 0.3) is 0 Å². The molecule has 0 spiro atoms. The Hall–Kier alpha value is -3.85. The molecule has 1 aromatic heterocycles. The van der Waals surface area contributed by atoms with Gasteiger partial charge in [0.2, 0.25) is 0 Å². The Bertz CT molecular complexity index is 1120. The topological polar surface area (TPSA) is 114 Å². The first-order chi connectivity index (χ1) is 14.4. The summed E-state index contributed by atoms with van der Waals surface area (Å²) in [5, 5.41) is 17.9. The van der Waals surface area contributed by atoms with Crippen LogP contribution in [0.3, 0.4) is 0 Å². The Balaban J connectivity index is 1.74. The fourth-order valence-electron chi connectivity index (χ4n) is 2.66. The molecule has 2 amide bonds. The molecule has 0 radical (unpaired) electrons. The number of amides is 2. The zero-order valence-electron chi connectivity index (χ0n) is 16.2. The molecular formula is C21H18N4O4S. The van der Waals surface area contributed by atoms with E-state index < -0.39 is 10.8 Å². The average molecular weight is 422 g/mol. The van der Waals surface area contributed by atoms with Gasteiger partial charge in [0, 0.05) is 22.6 Å². The van der Waals surface area contributed by atoms with Crippen LogP contribution >= 0.6 is 11.3 Å². The summed E-state index contributed by atoms with van der Waals surface area (Å²) < 4.78 is 0. The number of nitrogens with one attached hydrogen (secondary N) is 2. The van der Waals surface area contributed by atoms with Crippen LogP contribution in [0.15, 0.2) is 59.7 Å². The van der Waals surface area contributed by atoms with E-state index in [2.05, 4.69) is 15.8 Å². The van der Waals surface area contributed by atoms with E-state index in [1.54, 1.807) is 31.2 Å². The molecule has 1 heterocycles. The van der Waals surface area contributed by atoms with Crippen LogP contribution in [0, 0.1) is 24.0 Å². The van der Waals surface area contributed by atoms with Crippen LogP contribution in [0.1, 0.15) is 36.7 Å². The number of carbonyl (C=O) groups excluding carboxylic acids is 2. The highest BCUT2D eigenvalue weighted by atomic mass is 32.1. The number of thiophene rings is 1. The minimum Gasteiger partial charge on any atom is -0.313 e. The zero-order valence-corrected chi connectivity index (χ0v) is 17.0. The Morgan fingerprint density at radius 2 is 1.70 bits per heavy atom. The SMILES string of the molecule is Cc1sc(NC(=O)c2ccccc2)c(C(=O)N/N=C/c2ccc([N+](=O)[O-])cc2)c1C. The van der Waals surface area contributed by atoms with Crippen LogP contribution < -0.4 is 10.7 Å². The second-order valence-corrected chi connectivity index (χ2v) is 7.58. The second kappa shape index (κ2) is 9.10. The van der Waals surface area contributed by atoms with Crippen molar-refractivity contribution in [3.8, 4) is 0 Å². The predicted octanol–water partition coefficient (Wildman–Crippen LogP) is 4.29. The number of nitro groups is 1. The van der Waals surface area contributed by atoms with Crippen LogP contribution in [-0.4, -0.2) is 23.0 Å². The lowest BCUT2D eigenvalue weighted by molar-refractivity contribution is -0.384. The lowest BCUT2D eigenvalue weighted by Gasteiger charge is -2.06. The van der Waals surface area contributed by atoms with Crippen molar-refractivity contribution < 1.29 is 14.5 Å². The largest absolute Gasteiger partial charge is 0.313 e. The van der Waals surface area contributed by atoms with E-state index in [0.717, 1.165) is 10.4 Å². The van der Waals surface area contributed by atoms with Crippen molar-refractivity contribution in [1.29, 1.82) is 0 Å². The molecular weight excluding hydrogens is 404 g/mol. The zero-order chi connectivity index (χ0) is 21.7. The van der Waals surface area contributed by atoms with Gasteiger partial charge in [-0.05, 0) is 49.2 Å². The van der Waals surface area contributed by atoms with Gasteiger partial charge in [-0.25, -0.2) is 5.43 Å². The highest BCUT2D eigenvalue weighted by Gasteiger charge is 2.21. The van der Waals surface area contributed by atoms with Gasteiger partial charge in [0.1, 0.15) is 5.00 Å². The maximum Gasteiger partial charge on any atom is 0.274 e. The van der Waals surface area contributed by atoms with Gasteiger partial charge in [-0.2, -0.15) is 5.10 Å². The van der Waals surface area contributed by atoms with E-state index in [9.17, 15) is 19.7 Å².